The van der Waals surface area contributed by atoms with E-state index in [2.05, 4.69) is 62.8 Å². The number of amides is 1. The number of thiophene rings is 1. The van der Waals surface area contributed by atoms with Gasteiger partial charge < -0.3 is 15.5 Å². The zero-order valence-electron chi connectivity index (χ0n) is 15.9. The third-order valence-corrected chi connectivity index (χ3v) is 5.74. The second-order valence-corrected chi connectivity index (χ2v) is 7.70. The van der Waals surface area contributed by atoms with Crippen molar-refractivity contribution in [2.24, 2.45) is 10.9 Å². The van der Waals surface area contributed by atoms with Gasteiger partial charge in [0.05, 0.1) is 6.54 Å². The van der Waals surface area contributed by atoms with E-state index in [1.54, 1.807) is 18.4 Å². The number of hydrogen-bond acceptors (Lipinski definition) is 3. The van der Waals surface area contributed by atoms with E-state index in [4.69, 9.17) is 0 Å². The Bertz CT molecular complexity index is 722. The standard InChI is InChI=1S/C21H28N4OS/c1-22-21(23-14-19-9-12-27-16-19)24-15-20(26)25-10-7-18(8-11-25)13-17-5-3-2-4-6-17/h2-6,9,12,16,18H,7-8,10-11,13-15H2,1H3,(H2,22,23,24). The molecule has 0 aliphatic carbocycles. The van der Waals surface area contributed by atoms with Gasteiger partial charge in [-0.05, 0) is 53.1 Å². The van der Waals surface area contributed by atoms with Gasteiger partial charge in [-0.15, -0.1) is 0 Å². The summed E-state index contributed by atoms with van der Waals surface area (Å²) in [5, 5.41) is 10.5. The van der Waals surface area contributed by atoms with E-state index in [1.807, 2.05) is 4.90 Å². The molecule has 0 spiro atoms. The minimum atomic E-state index is 0.145. The first-order valence-electron chi connectivity index (χ1n) is 9.52. The van der Waals surface area contributed by atoms with Crippen LogP contribution >= 0.6 is 11.3 Å². The number of hydrogen-bond donors (Lipinski definition) is 2. The van der Waals surface area contributed by atoms with E-state index in [1.165, 1.54) is 11.1 Å². The molecule has 1 aliphatic heterocycles. The van der Waals surface area contributed by atoms with Crippen LogP contribution in [-0.2, 0) is 17.8 Å². The van der Waals surface area contributed by atoms with E-state index < -0.39 is 0 Å². The number of rotatable bonds is 6. The lowest BCUT2D eigenvalue weighted by Gasteiger charge is -2.32. The Hall–Kier alpha value is -2.34. The minimum absolute atomic E-state index is 0.145. The van der Waals surface area contributed by atoms with Crippen molar-refractivity contribution in [3.63, 3.8) is 0 Å². The van der Waals surface area contributed by atoms with Gasteiger partial charge in [0.25, 0.3) is 0 Å². The van der Waals surface area contributed by atoms with Crippen LogP contribution in [0, 0.1) is 5.92 Å². The van der Waals surface area contributed by atoms with Crippen LogP contribution in [-0.4, -0.2) is 43.4 Å². The highest BCUT2D eigenvalue weighted by molar-refractivity contribution is 7.07. The SMILES string of the molecule is CN=C(NCC(=O)N1CCC(Cc2ccccc2)CC1)NCc1ccsc1. The maximum Gasteiger partial charge on any atom is 0.241 e. The summed E-state index contributed by atoms with van der Waals surface area (Å²) in [7, 11) is 1.72. The second-order valence-electron chi connectivity index (χ2n) is 6.92. The smallest absolute Gasteiger partial charge is 0.241 e. The Labute approximate surface area is 165 Å². The van der Waals surface area contributed by atoms with Crippen LogP contribution < -0.4 is 10.6 Å². The number of likely N-dealkylation sites (tertiary alicyclic amines) is 1. The summed E-state index contributed by atoms with van der Waals surface area (Å²) >= 11 is 1.68. The van der Waals surface area contributed by atoms with Crippen molar-refractivity contribution in [3.8, 4) is 0 Å². The summed E-state index contributed by atoms with van der Waals surface area (Å²) in [4.78, 5) is 18.7. The molecule has 1 saturated heterocycles. The molecule has 2 aromatic rings. The fourth-order valence-electron chi connectivity index (χ4n) is 3.40. The van der Waals surface area contributed by atoms with Crippen molar-refractivity contribution in [1.82, 2.24) is 15.5 Å². The van der Waals surface area contributed by atoms with Gasteiger partial charge in [-0.25, -0.2) is 0 Å². The van der Waals surface area contributed by atoms with Gasteiger partial charge in [0.2, 0.25) is 5.91 Å². The van der Waals surface area contributed by atoms with Crippen molar-refractivity contribution < 1.29 is 4.79 Å². The fraction of sp³-hybridized carbons (Fsp3) is 0.429. The van der Waals surface area contributed by atoms with E-state index in [-0.39, 0.29) is 12.5 Å². The highest BCUT2D eigenvalue weighted by Gasteiger charge is 2.22. The van der Waals surface area contributed by atoms with Crippen molar-refractivity contribution in [1.29, 1.82) is 0 Å². The summed E-state index contributed by atoms with van der Waals surface area (Å²) in [5.41, 5.74) is 2.61. The Balaban J connectivity index is 1.37. The van der Waals surface area contributed by atoms with Gasteiger partial charge in [-0.3, -0.25) is 9.79 Å². The molecule has 5 nitrogen and oxygen atoms in total. The highest BCUT2D eigenvalue weighted by Crippen LogP contribution is 2.21. The molecule has 0 saturated carbocycles. The summed E-state index contributed by atoms with van der Waals surface area (Å²) in [5.74, 6) is 1.48. The zero-order chi connectivity index (χ0) is 18.9. The van der Waals surface area contributed by atoms with E-state index >= 15 is 0 Å². The number of piperidine rings is 1. The number of aliphatic imine (C=N–C) groups is 1. The lowest BCUT2D eigenvalue weighted by atomic mass is 9.90. The highest BCUT2D eigenvalue weighted by atomic mass is 32.1. The quantitative estimate of drug-likeness (QED) is 0.595. The molecule has 3 rings (SSSR count). The second kappa shape index (κ2) is 10.1. The van der Waals surface area contributed by atoms with Gasteiger partial charge in [0, 0.05) is 26.7 Å². The summed E-state index contributed by atoms with van der Waals surface area (Å²) in [6.07, 6.45) is 3.26. The number of nitrogens with one attached hydrogen (secondary N) is 2. The molecule has 0 bridgehead atoms. The molecule has 1 fully saturated rings. The molecule has 1 aromatic carbocycles. The first-order valence-corrected chi connectivity index (χ1v) is 10.5. The van der Waals surface area contributed by atoms with Crippen LogP contribution in [0.4, 0.5) is 0 Å². The van der Waals surface area contributed by atoms with E-state index in [9.17, 15) is 4.79 Å². The first kappa shape index (κ1) is 19.4. The Kier molecular flexibility index (Phi) is 7.27. The molecule has 1 aromatic heterocycles. The first-order chi connectivity index (χ1) is 13.2. The maximum atomic E-state index is 12.5. The fourth-order valence-corrected chi connectivity index (χ4v) is 4.07. The monoisotopic (exact) mass is 384 g/mol. The number of carbonyl (C=O) groups excluding carboxylic acids is 1. The van der Waals surface area contributed by atoms with Crippen molar-refractivity contribution in [3.05, 3.63) is 58.3 Å². The van der Waals surface area contributed by atoms with Crippen LogP contribution in [0.5, 0.6) is 0 Å². The van der Waals surface area contributed by atoms with Crippen LogP contribution in [0.3, 0.4) is 0 Å². The van der Waals surface area contributed by atoms with Crippen LogP contribution in [0.25, 0.3) is 0 Å². The maximum absolute atomic E-state index is 12.5. The summed E-state index contributed by atoms with van der Waals surface area (Å²) in [6.45, 7) is 2.69. The molecule has 0 radical (unpaired) electrons. The van der Waals surface area contributed by atoms with Crippen LogP contribution in [0.15, 0.2) is 52.2 Å². The average Bonchev–Trinajstić information content (AvgIpc) is 3.23. The largest absolute Gasteiger partial charge is 0.352 e. The third kappa shape index (κ3) is 6.10. The molecule has 2 heterocycles. The normalized spacial score (nSPS) is 15.6. The Morgan fingerprint density at radius 3 is 2.59 bits per heavy atom. The van der Waals surface area contributed by atoms with Crippen molar-refractivity contribution in [2.75, 3.05) is 26.7 Å². The van der Waals surface area contributed by atoms with Gasteiger partial charge in [0.15, 0.2) is 5.96 Å². The van der Waals surface area contributed by atoms with E-state index in [0.717, 1.165) is 32.4 Å². The lowest BCUT2D eigenvalue weighted by Crippen LogP contribution is -2.46. The molecule has 1 amide bonds. The predicted molar refractivity (Wildman–Crippen MR) is 112 cm³/mol. The molecule has 6 heteroatoms. The van der Waals surface area contributed by atoms with Gasteiger partial charge in [-0.1, -0.05) is 30.3 Å². The Morgan fingerprint density at radius 2 is 1.93 bits per heavy atom. The van der Waals surface area contributed by atoms with Gasteiger partial charge >= 0.3 is 0 Å². The lowest BCUT2D eigenvalue weighted by molar-refractivity contribution is -0.131. The topological polar surface area (TPSA) is 56.7 Å². The van der Waals surface area contributed by atoms with Crippen LogP contribution in [0.1, 0.15) is 24.0 Å². The number of nitrogens with zero attached hydrogens (tertiary/aromatic N) is 2. The minimum Gasteiger partial charge on any atom is -0.352 e. The molecule has 0 atom stereocenters. The van der Waals surface area contributed by atoms with Crippen molar-refractivity contribution >= 4 is 23.2 Å². The number of carbonyl (C=O) groups is 1. The number of benzene rings is 1. The molecule has 1 aliphatic rings. The molecular weight excluding hydrogens is 356 g/mol. The molecule has 144 valence electrons. The third-order valence-electron chi connectivity index (χ3n) is 5.01. The van der Waals surface area contributed by atoms with E-state index in [0.29, 0.717) is 18.4 Å². The number of guanidine groups is 1. The van der Waals surface area contributed by atoms with Gasteiger partial charge in [-0.2, -0.15) is 11.3 Å². The summed E-state index contributed by atoms with van der Waals surface area (Å²) in [6, 6.07) is 12.7. The molecular formula is C21H28N4OS. The molecule has 2 N–H and O–H groups in total. The Morgan fingerprint density at radius 1 is 1.15 bits per heavy atom. The van der Waals surface area contributed by atoms with Crippen molar-refractivity contribution in [2.45, 2.75) is 25.8 Å². The average molecular weight is 385 g/mol. The van der Waals surface area contributed by atoms with Gasteiger partial charge in [0.1, 0.15) is 0 Å². The summed E-state index contributed by atoms with van der Waals surface area (Å²) < 4.78 is 0. The zero-order valence-corrected chi connectivity index (χ0v) is 16.7. The molecule has 0 unspecified atom stereocenters. The van der Waals surface area contributed by atoms with Crippen LogP contribution in [0.2, 0.25) is 0 Å². The molecule has 27 heavy (non-hydrogen) atoms. The predicted octanol–water partition coefficient (Wildman–Crippen LogP) is 2.89.